The summed E-state index contributed by atoms with van der Waals surface area (Å²) in [5, 5.41) is 28.3. The number of aromatic nitrogens is 3. The topological polar surface area (TPSA) is 115 Å². The third kappa shape index (κ3) is 5.73. The number of carboxylic acids is 1. The van der Waals surface area contributed by atoms with E-state index in [1.165, 1.54) is 4.68 Å². The second-order valence-corrected chi connectivity index (χ2v) is 8.40. The maximum Gasteiger partial charge on any atom is 0.309 e. The number of rotatable bonds is 10. The smallest absolute Gasteiger partial charge is 0.309 e. The number of carbonyl (C=O) groups is 1. The van der Waals surface area contributed by atoms with Crippen molar-refractivity contribution in [3.8, 4) is 16.9 Å². The van der Waals surface area contributed by atoms with Crippen molar-refractivity contribution in [3.05, 3.63) is 88.7 Å². The van der Waals surface area contributed by atoms with Crippen molar-refractivity contribution in [1.82, 2.24) is 15.0 Å². The molecule has 0 spiro atoms. The number of carboxylic acid groups (broad SMARTS) is 1. The van der Waals surface area contributed by atoms with Crippen LogP contribution in [0.15, 0.2) is 77.6 Å². The zero-order valence-electron chi connectivity index (χ0n) is 19.4. The van der Waals surface area contributed by atoms with E-state index in [4.69, 9.17) is 4.74 Å². The molecule has 0 amide bonds. The van der Waals surface area contributed by atoms with Gasteiger partial charge < -0.3 is 14.9 Å². The molecule has 0 unspecified atom stereocenters. The lowest BCUT2D eigenvalue weighted by Crippen LogP contribution is -2.30. The summed E-state index contributed by atoms with van der Waals surface area (Å²) in [5.74, 6) is -1.23. The van der Waals surface area contributed by atoms with Crippen LogP contribution in [0.4, 0.5) is 0 Å². The number of ether oxygens (including phenoxy) is 1. The Labute approximate surface area is 202 Å². The van der Waals surface area contributed by atoms with Crippen molar-refractivity contribution in [2.45, 2.75) is 31.9 Å². The van der Waals surface area contributed by atoms with Crippen LogP contribution < -0.4 is 10.3 Å². The van der Waals surface area contributed by atoms with E-state index in [1.54, 1.807) is 31.4 Å². The first kappa shape index (κ1) is 24.1. The van der Waals surface area contributed by atoms with Crippen LogP contribution >= 0.6 is 0 Å². The molecular formula is C27H27N3O5. The minimum Gasteiger partial charge on any atom is -0.497 e. The number of methoxy groups -OCH3 is 1. The van der Waals surface area contributed by atoms with Crippen LogP contribution in [-0.4, -0.2) is 44.4 Å². The van der Waals surface area contributed by atoms with Gasteiger partial charge in [-0.25, -0.2) is 4.68 Å². The fraction of sp³-hybridized carbons (Fsp3) is 0.259. The van der Waals surface area contributed by atoms with E-state index in [0.717, 1.165) is 22.4 Å². The maximum absolute atomic E-state index is 11.9. The van der Waals surface area contributed by atoms with Gasteiger partial charge in [-0.2, -0.15) is 0 Å². The summed E-state index contributed by atoms with van der Waals surface area (Å²) in [5.41, 5.74) is 3.31. The van der Waals surface area contributed by atoms with Crippen LogP contribution in [-0.2, 0) is 17.8 Å². The van der Waals surface area contributed by atoms with E-state index in [1.807, 2.05) is 48.5 Å². The molecule has 2 N–H and O–H groups in total. The zero-order valence-corrected chi connectivity index (χ0v) is 19.4. The van der Waals surface area contributed by atoms with Crippen molar-refractivity contribution in [2.75, 3.05) is 7.11 Å². The largest absolute Gasteiger partial charge is 0.497 e. The summed E-state index contributed by atoms with van der Waals surface area (Å²) in [6.07, 6.45) is 0.00533. The molecular weight excluding hydrogens is 446 g/mol. The van der Waals surface area contributed by atoms with Gasteiger partial charge in [0.1, 0.15) is 5.75 Å². The van der Waals surface area contributed by atoms with Gasteiger partial charge in [-0.3, -0.25) is 9.59 Å². The van der Waals surface area contributed by atoms with Gasteiger partial charge >= 0.3 is 5.97 Å². The van der Waals surface area contributed by atoms with Crippen LogP contribution in [0.5, 0.6) is 5.75 Å². The van der Waals surface area contributed by atoms with Gasteiger partial charge in [-0.05, 0) is 60.2 Å². The Morgan fingerprint density at radius 1 is 0.971 bits per heavy atom. The van der Waals surface area contributed by atoms with E-state index in [2.05, 4.69) is 10.3 Å². The van der Waals surface area contributed by atoms with Gasteiger partial charge in [0.05, 0.1) is 30.0 Å². The molecule has 0 saturated carbocycles. The van der Waals surface area contributed by atoms with E-state index in [0.29, 0.717) is 23.7 Å². The highest BCUT2D eigenvalue weighted by atomic mass is 16.5. The Balaban J connectivity index is 1.37. The third-order valence-electron chi connectivity index (χ3n) is 6.20. The van der Waals surface area contributed by atoms with E-state index < -0.39 is 23.6 Å². The summed E-state index contributed by atoms with van der Waals surface area (Å²) < 4.78 is 6.71. The fourth-order valence-electron chi connectivity index (χ4n) is 4.15. The molecule has 4 aromatic rings. The first-order chi connectivity index (χ1) is 17.0. The Morgan fingerprint density at radius 3 is 2.29 bits per heavy atom. The lowest BCUT2D eigenvalue weighted by Gasteiger charge is -2.20. The number of aliphatic hydroxyl groups is 1. The molecule has 35 heavy (non-hydrogen) atoms. The minimum absolute atomic E-state index is 0.161. The first-order valence-corrected chi connectivity index (χ1v) is 11.4. The number of aliphatic hydroxyl groups excluding tert-OH is 1. The van der Waals surface area contributed by atoms with Crippen molar-refractivity contribution in [1.29, 1.82) is 0 Å². The predicted octanol–water partition coefficient (Wildman–Crippen LogP) is 3.55. The predicted molar refractivity (Wildman–Crippen MR) is 132 cm³/mol. The molecule has 8 nitrogen and oxygen atoms in total. The Hall–Kier alpha value is -4.04. The van der Waals surface area contributed by atoms with Gasteiger partial charge in [-0.1, -0.05) is 58.8 Å². The maximum atomic E-state index is 11.9. The number of para-hydroxylation sites is 1. The molecule has 1 heterocycles. The minimum atomic E-state index is -1.06. The van der Waals surface area contributed by atoms with Crippen molar-refractivity contribution >= 4 is 16.9 Å². The van der Waals surface area contributed by atoms with Gasteiger partial charge in [0.15, 0.2) is 0 Å². The van der Waals surface area contributed by atoms with Crippen LogP contribution in [0.25, 0.3) is 22.0 Å². The molecule has 0 aliphatic rings. The summed E-state index contributed by atoms with van der Waals surface area (Å²) in [7, 11) is 1.63. The summed E-state index contributed by atoms with van der Waals surface area (Å²) in [6.45, 7) is 0.221. The van der Waals surface area contributed by atoms with Crippen LogP contribution in [0.2, 0.25) is 0 Å². The van der Waals surface area contributed by atoms with Gasteiger partial charge in [-0.15, -0.1) is 0 Å². The third-order valence-corrected chi connectivity index (χ3v) is 6.20. The molecule has 0 fully saturated rings. The summed E-state index contributed by atoms with van der Waals surface area (Å²) >= 11 is 0. The highest BCUT2D eigenvalue weighted by Gasteiger charge is 2.26. The van der Waals surface area contributed by atoms with Crippen molar-refractivity contribution < 1.29 is 19.7 Å². The second kappa shape index (κ2) is 10.9. The number of fused-ring (bicyclic) bond motifs is 1. The molecule has 0 saturated heterocycles. The molecule has 2 atom stereocenters. The number of aryl methyl sites for hydroxylation is 2. The summed E-state index contributed by atoms with van der Waals surface area (Å²) in [6, 6.07) is 22.7. The Bertz CT molecular complexity index is 1350. The normalized spacial score (nSPS) is 12.9. The second-order valence-electron chi connectivity index (χ2n) is 8.40. The number of hydrogen-bond acceptors (Lipinski definition) is 6. The van der Waals surface area contributed by atoms with Gasteiger partial charge in [0.25, 0.3) is 5.56 Å². The van der Waals surface area contributed by atoms with Crippen LogP contribution in [0, 0.1) is 5.92 Å². The summed E-state index contributed by atoms with van der Waals surface area (Å²) in [4.78, 5) is 23.8. The number of benzene rings is 3. The molecule has 180 valence electrons. The molecule has 8 heteroatoms. The molecule has 0 aliphatic carbocycles. The Morgan fingerprint density at radius 2 is 1.63 bits per heavy atom. The molecule has 0 aliphatic heterocycles. The van der Waals surface area contributed by atoms with E-state index >= 15 is 0 Å². The van der Waals surface area contributed by atoms with Crippen molar-refractivity contribution in [3.63, 3.8) is 0 Å². The van der Waals surface area contributed by atoms with Crippen LogP contribution in [0.3, 0.4) is 0 Å². The first-order valence-electron chi connectivity index (χ1n) is 11.4. The number of aliphatic carboxylic acids is 1. The monoisotopic (exact) mass is 473 g/mol. The quantitative estimate of drug-likeness (QED) is 0.362. The molecule has 3 aromatic carbocycles. The standard InChI is InChI=1S/C27H27N3O5/c1-35-21-13-11-20(12-14-21)19-9-6-18(7-10-19)8-15-25(31)23(27(33)34)16-17-30-24-5-3-2-4-22(24)26(32)28-29-30/h2-7,9-14,23,25,31H,8,15-17H2,1H3,(H,33,34)/t23-,25+/m0/s1. The average Bonchev–Trinajstić information content (AvgIpc) is 2.89. The van der Waals surface area contributed by atoms with E-state index in [9.17, 15) is 19.8 Å². The van der Waals surface area contributed by atoms with Crippen LogP contribution in [0.1, 0.15) is 18.4 Å². The fourth-order valence-corrected chi connectivity index (χ4v) is 4.15. The molecule has 0 radical (unpaired) electrons. The molecule has 1 aromatic heterocycles. The lowest BCUT2D eigenvalue weighted by atomic mass is 9.93. The van der Waals surface area contributed by atoms with E-state index in [-0.39, 0.29) is 13.0 Å². The van der Waals surface area contributed by atoms with Gasteiger partial charge in [0, 0.05) is 6.54 Å². The highest BCUT2D eigenvalue weighted by Crippen LogP contribution is 2.24. The lowest BCUT2D eigenvalue weighted by molar-refractivity contribution is -0.146. The number of hydrogen-bond donors (Lipinski definition) is 2. The average molecular weight is 474 g/mol. The molecule has 4 rings (SSSR count). The van der Waals surface area contributed by atoms with Gasteiger partial charge in [0.2, 0.25) is 0 Å². The Kier molecular flexibility index (Phi) is 7.52. The highest BCUT2D eigenvalue weighted by molar-refractivity contribution is 5.77. The zero-order chi connectivity index (χ0) is 24.8. The SMILES string of the molecule is COc1ccc(-c2ccc(CC[C@@H](O)[C@H](CCn3nnc(=O)c4ccccc43)C(=O)O)cc2)cc1. The number of nitrogens with zero attached hydrogens (tertiary/aromatic N) is 3. The molecule has 0 bridgehead atoms. The van der Waals surface area contributed by atoms with Crippen molar-refractivity contribution in [2.24, 2.45) is 5.92 Å².